The third-order valence-corrected chi connectivity index (χ3v) is 4.28. The summed E-state index contributed by atoms with van der Waals surface area (Å²) in [7, 11) is 0. The fourth-order valence-electron chi connectivity index (χ4n) is 2.47. The van der Waals surface area contributed by atoms with E-state index < -0.39 is 11.7 Å². The number of rotatable bonds is 5. The molecule has 2 N–H and O–H groups in total. The number of hydrogen-bond acceptors (Lipinski definition) is 5. The Morgan fingerprint density at radius 2 is 2.37 bits per heavy atom. The molecule has 1 aliphatic heterocycles. The summed E-state index contributed by atoms with van der Waals surface area (Å²) in [5.41, 5.74) is -0.719. The average Bonchev–Trinajstić information content (AvgIpc) is 2.83. The van der Waals surface area contributed by atoms with Gasteiger partial charge in [-0.25, -0.2) is 0 Å². The molecular weight excluding hydrogens is 262 g/mol. The zero-order valence-corrected chi connectivity index (χ0v) is 12.4. The van der Waals surface area contributed by atoms with E-state index in [1.807, 2.05) is 31.4 Å². The number of aliphatic hydroxyl groups excluding tert-OH is 1. The molecule has 1 aliphatic rings. The Bertz CT molecular complexity index is 375. The molecule has 0 aliphatic carbocycles. The second kappa shape index (κ2) is 6.33. The lowest BCUT2D eigenvalue weighted by atomic mass is 10.0. The summed E-state index contributed by atoms with van der Waals surface area (Å²) in [5, 5.41) is 22.2. The van der Waals surface area contributed by atoms with Gasteiger partial charge in [0.2, 0.25) is 0 Å². The van der Waals surface area contributed by atoms with Crippen LogP contribution in [0, 0.1) is 0 Å². The molecule has 0 bridgehead atoms. The molecule has 1 fully saturated rings. The Morgan fingerprint density at radius 1 is 1.58 bits per heavy atom. The highest BCUT2D eigenvalue weighted by Gasteiger charge is 2.29. The topological polar surface area (TPSA) is 52.9 Å². The molecule has 0 aromatic carbocycles. The molecule has 2 heterocycles. The number of morpholine rings is 1. The fourth-order valence-corrected chi connectivity index (χ4v) is 3.19. The summed E-state index contributed by atoms with van der Waals surface area (Å²) in [5.74, 6) is 0. The first-order valence-electron chi connectivity index (χ1n) is 6.71. The zero-order chi connectivity index (χ0) is 13.9. The summed E-state index contributed by atoms with van der Waals surface area (Å²) in [6, 6.07) is 4.08. The monoisotopic (exact) mass is 285 g/mol. The molecule has 5 heteroatoms. The molecule has 0 saturated carbocycles. The van der Waals surface area contributed by atoms with E-state index in [1.165, 1.54) is 0 Å². The van der Waals surface area contributed by atoms with Crippen molar-refractivity contribution in [1.29, 1.82) is 0 Å². The van der Waals surface area contributed by atoms with Crippen molar-refractivity contribution in [3.63, 3.8) is 0 Å². The minimum Gasteiger partial charge on any atom is -0.389 e. The van der Waals surface area contributed by atoms with Crippen molar-refractivity contribution in [1.82, 2.24) is 4.90 Å². The first-order valence-corrected chi connectivity index (χ1v) is 7.59. The molecule has 2 unspecified atom stereocenters. The number of hydrogen-bond donors (Lipinski definition) is 2. The zero-order valence-electron chi connectivity index (χ0n) is 11.6. The Hall–Kier alpha value is -0.460. The van der Waals surface area contributed by atoms with Gasteiger partial charge in [0, 0.05) is 24.0 Å². The highest BCUT2D eigenvalue weighted by atomic mass is 32.1. The maximum atomic E-state index is 10.2. The first kappa shape index (κ1) is 14.9. The number of aliphatic hydroxyl groups is 2. The molecule has 0 spiro atoms. The van der Waals surface area contributed by atoms with Crippen molar-refractivity contribution in [2.45, 2.75) is 38.0 Å². The molecular formula is C14H23NO3S. The van der Waals surface area contributed by atoms with E-state index >= 15 is 0 Å². The molecule has 2 atom stereocenters. The third-order valence-electron chi connectivity index (χ3n) is 3.31. The standard InChI is InChI=1S/C14H23NO3S/c1-14(2,17)10-15-5-6-18-9-11(15)8-12(16)13-4-3-7-19-13/h3-4,7,11-12,16-17H,5-6,8-10H2,1-2H3. The van der Waals surface area contributed by atoms with Gasteiger partial charge in [-0.15, -0.1) is 11.3 Å². The maximum Gasteiger partial charge on any atom is 0.0897 e. The van der Waals surface area contributed by atoms with Gasteiger partial charge in [0.1, 0.15) is 0 Å². The van der Waals surface area contributed by atoms with E-state index in [4.69, 9.17) is 4.74 Å². The molecule has 2 rings (SSSR count). The van der Waals surface area contributed by atoms with Crippen molar-refractivity contribution in [2.75, 3.05) is 26.3 Å². The lowest BCUT2D eigenvalue weighted by Gasteiger charge is -2.39. The maximum absolute atomic E-state index is 10.2. The largest absolute Gasteiger partial charge is 0.389 e. The van der Waals surface area contributed by atoms with Crippen LogP contribution in [0.15, 0.2) is 17.5 Å². The Labute approximate surface area is 118 Å². The van der Waals surface area contributed by atoms with Crippen molar-refractivity contribution in [3.8, 4) is 0 Å². The average molecular weight is 285 g/mol. The van der Waals surface area contributed by atoms with Gasteiger partial charge in [0.05, 0.1) is 24.9 Å². The van der Waals surface area contributed by atoms with E-state index in [2.05, 4.69) is 4.90 Å². The van der Waals surface area contributed by atoms with Crippen LogP contribution < -0.4 is 0 Å². The SMILES string of the molecule is CC(C)(O)CN1CCOCC1CC(O)c1cccs1. The van der Waals surface area contributed by atoms with Gasteiger partial charge >= 0.3 is 0 Å². The fraction of sp³-hybridized carbons (Fsp3) is 0.714. The third kappa shape index (κ3) is 4.54. The van der Waals surface area contributed by atoms with Crippen LogP contribution >= 0.6 is 11.3 Å². The molecule has 0 amide bonds. The normalized spacial score (nSPS) is 23.5. The summed E-state index contributed by atoms with van der Waals surface area (Å²) in [4.78, 5) is 3.22. The van der Waals surface area contributed by atoms with Crippen molar-refractivity contribution >= 4 is 11.3 Å². The number of β-amino-alcohol motifs (C(OH)–C–C–N with tert-alkyl or cyclic N) is 1. The second-order valence-electron chi connectivity index (χ2n) is 5.78. The second-order valence-corrected chi connectivity index (χ2v) is 6.76. The van der Waals surface area contributed by atoms with Crippen LogP contribution in [0.25, 0.3) is 0 Å². The summed E-state index contributed by atoms with van der Waals surface area (Å²) >= 11 is 1.58. The number of ether oxygens (including phenoxy) is 1. The van der Waals surface area contributed by atoms with Crippen LogP contribution in [0.2, 0.25) is 0 Å². The van der Waals surface area contributed by atoms with Gasteiger partial charge in [-0.1, -0.05) is 6.07 Å². The Balaban J connectivity index is 1.95. The van der Waals surface area contributed by atoms with Gasteiger partial charge in [0.25, 0.3) is 0 Å². The van der Waals surface area contributed by atoms with Crippen LogP contribution in [-0.2, 0) is 4.74 Å². The molecule has 19 heavy (non-hydrogen) atoms. The van der Waals surface area contributed by atoms with E-state index in [9.17, 15) is 10.2 Å². The quantitative estimate of drug-likeness (QED) is 0.863. The van der Waals surface area contributed by atoms with Gasteiger partial charge < -0.3 is 14.9 Å². The minimum absolute atomic E-state index is 0.164. The molecule has 1 aromatic heterocycles. The van der Waals surface area contributed by atoms with Crippen LogP contribution in [0.5, 0.6) is 0 Å². The first-order chi connectivity index (χ1) is 8.96. The van der Waals surface area contributed by atoms with E-state index in [0.29, 0.717) is 26.2 Å². The smallest absolute Gasteiger partial charge is 0.0897 e. The van der Waals surface area contributed by atoms with Crippen molar-refractivity contribution < 1.29 is 14.9 Å². The van der Waals surface area contributed by atoms with Gasteiger partial charge in [-0.3, -0.25) is 4.90 Å². The Kier molecular flexibility index (Phi) is 4.97. The van der Waals surface area contributed by atoms with Gasteiger partial charge in [-0.2, -0.15) is 0 Å². The lowest BCUT2D eigenvalue weighted by Crippen LogP contribution is -2.51. The van der Waals surface area contributed by atoms with Crippen LogP contribution in [0.3, 0.4) is 0 Å². The van der Waals surface area contributed by atoms with Crippen molar-refractivity contribution in [3.05, 3.63) is 22.4 Å². The van der Waals surface area contributed by atoms with Gasteiger partial charge in [0.15, 0.2) is 0 Å². The summed E-state index contributed by atoms with van der Waals surface area (Å²) < 4.78 is 5.51. The summed E-state index contributed by atoms with van der Waals surface area (Å²) in [6.07, 6.45) is 0.201. The van der Waals surface area contributed by atoms with E-state index in [1.54, 1.807) is 11.3 Å². The van der Waals surface area contributed by atoms with Crippen LogP contribution in [-0.4, -0.2) is 53.1 Å². The van der Waals surface area contributed by atoms with E-state index in [0.717, 1.165) is 11.4 Å². The lowest BCUT2D eigenvalue weighted by molar-refractivity contribution is -0.0591. The van der Waals surface area contributed by atoms with Crippen LogP contribution in [0.4, 0.5) is 0 Å². The number of thiophene rings is 1. The Morgan fingerprint density at radius 3 is 3.00 bits per heavy atom. The van der Waals surface area contributed by atoms with E-state index in [-0.39, 0.29) is 6.04 Å². The predicted molar refractivity (Wildman–Crippen MR) is 76.4 cm³/mol. The van der Waals surface area contributed by atoms with Crippen LogP contribution in [0.1, 0.15) is 31.2 Å². The molecule has 1 aromatic rings. The molecule has 0 radical (unpaired) electrons. The van der Waals surface area contributed by atoms with Gasteiger partial charge in [-0.05, 0) is 31.7 Å². The number of nitrogens with zero attached hydrogens (tertiary/aromatic N) is 1. The molecule has 4 nitrogen and oxygen atoms in total. The molecule has 108 valence electrons. The highest BCUT2D eigenvalue weighted by Crippen LogP contribution is 2.26. The molecule has 1 saturated heterocycles. The van der Waals surface area contributed by atoms with Crippen molar-refractivity contribution in [2.24, 2.45) is 0 Å². The predicted octanol–water partition coefficient (Wildman–Crippen LogP) is 1.64. The minimum atomic E-state index is -0.719. The summed E-state index contributed by atoms with van der Waals surface area (Å²) in [6.45, 7) is 6.37. The highest BCUT2D eigenvalue weighted by molar-refractivity contribution is 7.10.